The van der Waals surface area contributed by atoms with E-state index in [1.54, 1.807) is 13.2 Å². The molecule has 1 saturated heterocycles. The highest BCUT2D eigenvalue weighted by Gasteiger charge is 2.24. The van der Waals surface area contributed by atoms with Crippen molar-refractivity contribution >= 4 is 11.8 Å². The van der Waals surface area contributed by atoms with Gasteiger partial charge in [0.1, 0.15) is 12.1 Å². The first-order valence-electron chi connectivity index (χ1n) is 6.02. The molecule has 104 valence electrons. The summed E-state index contributed by atoms with van der Waals surface area (Å²) in [4.78, 5) is 21.5. The predicted molar refractivity (Wildman–Crippen MR) is 67.2 cm³/mol. The molecule has 0 N–H and O–H groups in total. The Kier molecular flexibility index (Phi) is 4.51. The number of rotatable bonds is 4. The van der Waals surface area contributed by atoms with Gasteiger partial charge in [0.05, 0.1) is 33.4 Å². The summed E-state index contributed by atoms with van der Waals surface area (Å²) in [5.41, 5.74) is 0. The molecule has 0 bridgehead atoms. The van der Waals surface area contributed by atoms with Crippen molar-refractivity contribution in [3.63, 3.8) is 0 Å². The zero-order valence-electron chi connectivity index (χ0n) is 11.0. The third-order valence-corrected chi connectivity index (χ3v) is 2.92. The lowest BCUT2D eigenvalue weighted by atomic mass is 10.2. The molecule has 0 aromatic carbocycles. The van der Waals surface area contributed by atoms with Crippen LogP contribution in [0, 0.1) is 0 Å². The largest absolute Gasteiger partial charge is 0.481 e. The second kappa shape index (κ2) is 6.33. The van der Waals surface area contributed by atoms with E-state index in [0.29, 0.717) is 19.0 Å². The fourth-order valence-corrected chi connectivity index (χ4v) is 1.93. The van der Waals surface area contributed by atoms with Gasteiger partial charge in [0.25, 0.3) is 0 Å². The van der Waals surface area contributed by atoms with Crippen LogP contribution in [-0.4, -0.2) is 56.0 Å². The smallest absolute Gasteiger partial charge is 0.308 e. The first-order chi connectivity index (χ1) is 9.22. The Hall–Kier alpha value is -1.89. The van der Waals surface area contributed by atoms with Crippen molar-refractivity contribution < 1.29 is 19.0 Å². The molecule has 1 aliphatic heterocycles. The summed E-state index contributed by atoms with van der Waals surface area (Å²) in [5, 5.41) is 0. The van der Waals surface area contributed by atoms with E-state index in [0.717, 1.165) is 12.4 Å². The molecule has 0 amide bonds. The van der Waals surface area contributed by atoms with Crippen molar-refractivity contribution in [1.29, 1.82) is 0 Å². The van der Waals surface area contributed by atoms with Crippen LogP contribution < -0.4 is 9.64 Å². The Morgan fingerprint density at radius 3 is 3.11 bits per heavy atom. The lowest BCUT2D eigenvalue weighted by molar-refractivity contribution is -0.144. The van der Waals surface area contributed by atoms with Crippen LogP contribution in [-0.2, 0) is 14.3 Å². The molecule has 1 aromatic heterocycles. The van der Waals surface area contributed by atoms with Gasteiger partial charge in [-0.2, -0.15) is 0 Å². The van der Waals surface area contributed by atoms with E-state index in [4.69, 9.17) is 9.47 Å². The summed E-state index contributed by atoms with van der Waals surface area (Å²) in [6.07, 6.45) is 1.52. The first kappa shape index (κ1) is 13.5. The Labute approximate surface area is 111 Å². The minimum absolute atomic E-state index is 0.179. The number of aromatic nitrogens is 2. The summed E-state index contributed by atoms with van der Waals surface area (Å²) in [6.45, 7) is 1.86. The second-order valence-corrected chi connectivity index (χ2v) is 4.14. The molecule has 0 aliphatic carbocycles. The van der Waals surface area contributed by atoms with Gasteiger partial charge in [-0.25, -0.2) is 9.97 Å². The molecule has 7 heteroatoms. The van der Waals surface area contributed by atoms with E-state index in [9.17, 15) is 4.79 Å². The quantitative estimate of drug-likeness (QED) is 0.724. The second-order valence-electron chi connectivity index (χ2n) is 4.14. The minimum Gasteiger partial charge on any atom is -0.481 e. The van der Waals surface area contributed by atoms with Crippen LogP contribution in [0.5, 0.6) is 5.88 Å². The Bertz CT molecular complexity index is 441. The number of nitrogens with zero attached hydrogens (tertiary/aromatic N) is 3. The zero-order valence-corrected chi connectivity index (χ0v) is 11.0. The topological polar surface area (TPSA) is 73.8 Å². The normalized spacial score (nSPS) is 19.1. The summed E-state index contributed by atoms with van der Waals surface area (Å²) in [6, 6.07) is 1.76. The minimum atomic E-state index is -0.271. The van der Waals surface area contributed by atoms with Crippen LogP contribution in [0.3, 0.4) is 0 Å². The highest BCUT2D eigenvalue weighted by Crippen LogP contribution is 2.19. The van der Waals surface area contributed by atoms with Gasteiger partial charge in [0, 0.05) is 19.2 Å². The molecule has 19 heavy (non-hydrogen) atoms. The number of hydrogen-bond donors (Lipinski definition) is 0. The maximum absolute atomic E-state index is 11.3. The first-order valence-corrected chi connectivity index (χ1v) is 6.02. The van der Waals surface area contributed by atoms with E-state index in [-0.39, 0.29) is 18.5 Å². The number of anilines is 1. The van der Waals surface area contributed by atoms with Gasteiger partial charge in [0.15, 0.2) is 0 Å². The maximum atomic E-state index is 11.3. The highest BCUT2D eigenvalue weighted by molar-refractivity contribution is 5.69. The van der Waals surface area contributed by atoms with E-state index in [2.05, 4.69) is 14.7 Å². The van der Waals surface area contributed by atoms with Gasteiger partial charge in [-0.15, -0.1) is 0 Å². The molecule has 2 rings (SSSR count). The fourth-order valence-electron chi connectivity index (χ4n) is 1.93. The summed E-state index contributed by atoms with van der Waals surface area (Å²) in [5.74, 6) is 1.01. The number of methoxy groups -OCH3 is 2. The molecule has 2 heterocycles. The van der Waals surface area contributed by atoms with Crippen molar-refractivity contribution in [3.05, 3.63) is 12.4 Å². The van der Waals surface area contributed by atoms with Crippen LogP contribution in [0.4, 0.5) is 5.82 Å². The molecule has 0 saturated carbocycles. The summed E-state index contributed by atoms with van der Waals surface area (Å²) < 4.78 is 15.3. The van der Waals surface area contributed by atoms with Gasteiger partial charge < -0.3 is 19.1 Å². The number of carbonyl (C=O) groups excluding carboxylic acids is 1. The van der Waals surface area contributed by atoms with Crippen LogP contribution in [0.15, 0.2) is 12.4 Å². The van der Waals surface area contributed by atoms with Crippen molar-refractivity contribution in [2.24, 2.45) is 0 Å². The summed E-state index contributed by atoms with van der Waals surface area (Å²) in [7, 11) is 2.93. The SMILES string of the molecule is COC(=O)CC1CN(c2cc(OC)ncn2)CCO1. The molecular formula is C12H17N3O4. The molecule has 0 spiro atoms. The molecule has 1 atom stereocenters. The Morgan fingerprint density at radius 2 is 2.37 bits per heavy atom. The van der Waals surface area contributed by atoms with Crippen LogP contribution in [0.2, 0.25) is 0 Å². The van der Waals surface area contributed by atoms with E-state index in [1.807, 2.05) is 4.90 Å². The summed E-state index contributed by atoms with van der Waals surface area (Å²) >= 11 is 0. The number of ether oxygens (including phenoxy) is 3. The highest BCUT2D eigenvalue weighted by atomic mass is 16.5. The Morgan fingerprint density at radius 1 is 1.53 bits per heavy atom. The third kappa shape index (κ3) is 3.54. The van der Waals surface area contributed by atoms with Crippen molar-refractivity contribution in [2.75, 3.05) is 38.8 Å². The lowest BCUT2D eigenvalue weighted by Crippen LogP contribution is -2.43. The zero-order chi connectivity index (χ0) is 13.7. The van der Waals surface area contributed by atoms with Crippen molar-refractivity contribution in [1.82, 2.24) is 9.97 Å². The van der Waals surface area contributed by atoms with Crippen molar-refractivity contribution in [3.8, 4) is 5.88 Å². The maximum Gasteiger partial charge on any atom is 0.308 e. The average Bonchev–Trinajstić information content (AvgIpc) is 2.47. The van der Waals surface area contributed by atoms with Crippen LogP contribution in [0.1, 0.15) is 6.42 Å². The van der Waals surface area contributed by atoms with E-state index in [1.165, 1.54) is 13.4 Å². The third-order valence-electron chi connectivity index (χ3n) is 2.92. The van der Waals surface area contributed by atoms with Crippen molar-refractivity contribution in [2.45, 2.75) is 12.5 Å². The van der Waals surface area contributed by atoms with Gasteiger partial charge in [-0.3, -0.25) is 4.79 Å². The molecule has 1 fully saturated rings. The fraction of sp³-hybridized carbons (Fsp3) is 0.583. The van der Waals surface area contributed by atoms with E-state index < -0.39 is 0 Å². The molecule has 0 radical (unpaired) electrons. The molecular weight excluding hydrogens is 250 g/mol. The number of esters is 1. The monoisotopic (exact) mass is 267 g/mol. The number of carbonyl (C=O) groups is 1. The van der Waals surface area contributed by atoms with Gasteiger partial charge in [0.2, 0.25) is 5.88 Å². The number of morpholine rings is 1. The lowest BCUT2D eigenvalue weighted by Gasteiger charge is -2.33. The van der Waals surface area contributed by atoms with Gasteiger partial charge >= 0.3 is 5.97 Å². The Balaban J connectivity index is 2.01. The van der Waals surface area contributed by atoms with Gasteiger partial charge in [-0.1, -0.05) is 0 Å². The molecule has 1 aromatic rings. The standard InChI is InChI=1S/C12H17N3O4/c1-17-11-6-10(13-8-14-11)15-3-4-19-9(7-15)5-12(16)18-2/h6,8-9H,3-5,7H2,1-2H3. The average molecular weight is 267 g/mol. The van der Waals surface area contributed by atoms with Crippen LogP contribution in [0.25, 0.3) is 0 Å². The predicted octanol–water partition coefficient (Wildman–Crippen LogP) is 0.253. The number of hydrogen-bond acceptors (Lipinski definition) is 7. The van der Waals surface area contributed by atoms with Crippen LogP contribution >= 0.6 is 0 Å². The van der Waals surface area contributed by atoms with E-state index >= 15 is 0 Å². The van der Waals surface area contributed by atoms with Gasteiger partial charge in [-0.05, 0) is 0 Å². The molecule has 1 unspecified atom stereocenters. The molecule has 7 nitrogen and oxygen atoms in total. The molecule has 1 aliphatic rings.